The van der Waals surface area contributed by atoms with Gasteiger partial charge < -0.3 is 10.8 Å². The van der Waals surface area contributed by atoms with Gasteiger partial charge in [0.25, 0.3) is 12.3 Å². The highest BCUT2D eigenvalue weighted by molar-refractivity contribution is 5.99. The van der Waals surface area contributed by atoms with Crippen LogP contribution < -0.4 is 5.73 Å². The molecule has 1 amide bonds. The number of nitrogens with two attached hydrogens (primary N) is 1. The van der Waals surface area contributed by atoms with Crippen LogP contribution in [0.15, 0.2) is 6.20 Å². The van der Waals surface area contributed by atoms with Gasteiger partial charge >= 0.3 is 5.69 Å². The molecular formula is C7H5F2N3O4. The molecule has 0 aliphatic heterocycles. The Morgan fingerprint density at radius 1 is 1.62 bits per heavy atom. The van der Waals surface area contributed by atoms with Gasteiger partial charge in [-0.3, -0.25) is 14.9 Å². The molecule has 0 saturated carbocycles. The van der Waals surface area contributed by atoms with E-state index in [4.69, 9.17) is 10.8 Å². The molecule has 0 saturated heterocycles. The summed E-state index contributed by atoms with van der Waals surface area (Å²) in [5.41, 5.74) is 1.28. The van der Waals surface area contributed by atoms with Crippen molar-refractivity contribution in [1.82, 2.24) is 4.98 Å². The van der Waals surface area contributed by atoms with Crippen LogP contribution in [0.4, 0.5) is 14.5 Å². The summed E-state index contributed by atoms with van der Waals surface area (Å²) in [6, 6.07) is 0. The molecule has 0 spiro atoms. The van der Waals surface area contributed by atoms with Gasteiger partial charge in [-0.2, -0.15) is 0 Å². The Bertz CT molecular complexity index is 463. The summed E-state index contributed by atoms with van der Waals surface area (Å²) < 4.78 is 24.7. The van der Waals surface area contributed by atoms with Crippen molar-refractivity contribution in [1.29, 1.82) is 0 Å². The lowest BCUT2D eigenvalue weighted by atomic mass is 10.1. The first-order valence-electron chi connectivity index (χ1n) is 3.80. The van der Waals surface area contributed by atoms with Crippen LogP contribution in [0, 0.1) is 10.1 Å². The van der Waals surface area contributed by atoms with E-state index in [1.54, 1.807) is 0 Å². The predicted molar refractivity (Wildman–Crippen MR) is 46.0 cm³/mol. The Morgan fingerprint density at radius 3 is 2.56 bits per heavy atom. The average molecular weight is 233 g/mol. The Hall–Kier alpha value is -2.32. The fraction of sp³-hybridized carbons (Fsp3) is 0.143. The van der Waals surface area contributed by atoms with Gasteiger partial charge in [-0.05, 0) is 0 Å². The zero-order valence-corrected chi connectivity index (χ0v) is 7.55. The highest BCUT2D eigenvalue weighted by Gasteiger charge is 2.32. The van der Waals surface area contributed by atoms with Crippen molar-refractivity contribution in [3.05, 3.63) is 27.6 Å². The third kappa shape index (κ3) is 1.87. The lowest BCUT2D eigenvalue weighted by molar-refractivity contribution is -0.386. The van der Waals surface area contributed by atoms with Crippen molar-refractivity contribution in [3.63, 3.8) is 0 Å². The quantitative estimate of drug-likeness (QED) is 0.589. The number of aromatic hydroxyl groups is 1. The average Bonchev–Trinajstić information content (AvgIpc) is 2.15. The number of halogens is 2. The zero-order chi connectivity index (χ0) is 12.5. The van der Waals surface area contributed by atoms with Crippen molar-refractivity contribution in [2.75, 3.05) is 0 Å². The van der Waals surface area contributed by atoms with Gasteiger partial charge in [0.1, 0.15) is 0 Å². The van der Waals surface area contributed by atoms with E-state index in [0.29, 0.717) is 6.20 Å². The highest BCUT2D eigenvalue weighted by Crippen LogP contribution is 2.34. The molecule has 1 aromatic heterocycles. The van der Waals surface area contributed by atoms with Gasteiger partial charge in [0.05, 0.1) is 11.1 Å². The van der Waals surface area contributed by atoms with Crippen molar-refractivity contribution in [2.45, 2.75) is 6.43 Å². The SMILES string of the molecule is NC(=O)c1c(O)cnc(C(F)F)c1[N+](=O)[O-]. The first-order chi connectivity index (χ1) is 7.36. The van der Waals surface area contributed by atoms with Gasteiger partial charge in [0.2, 0.25) is 0 Å². The van der Waals surface area contributed by atoms with Crippen LogP contribution in [0.2, 0.25) is 0 Å². The molecule has 0 aromatic carbocycles. The summed E-state index contributed by atoms with van der Waals surface area (Å²) in [5.74, 6) is -2.29. The van der Waals surface area contributed by atoms with E-state index in [1.807, 2.05) is 0 Å². The Kier molecular flexibility index (Phi) is 2.97. The van der Waals surface area contributed by atoms with Crippen molar-refractivity contribution in [2.24, 2.45) is 5.73 Å². The molecule has 16 heavy (non-hydrogen) atoms. The monoisotopic (exact) mass is 233 g/mol. The Labute approximate surface area is 86.7 Å². The van der Waals surface area contributed by atoms with Crippen LogP contribution in [0.1, 0.15) is 22.5 Å². The van der Waals surface area contributed by atoms with E-state index in [-0.39, 0.29) is 0 Å². The number of amides is 1. The second-order valence-electron chi connectivity index (χ2n) is 2.67. The molecular weight excluding hydrogens is 228 g/mol. The van der Waals surface area contributed by atoms with Crippen LogP contribution in [0.3, 0.4) is 0 Å². The molecule has 0 fully saturated rings. The summed E-state index contributed by atoms with van der Waals surface area (Å²) in [7, 11) is 0. The van der Waals surface area contributed by atoms with E-state index >= 15 is 0 Å². The van der Waals surface area contributed by atoms with Crippen molar-refractivity contribution >= 4 is 11.6 Å². The normalized spacial score (nSPS) is 10.4. The molecule has 3 N–H and O–H groups in total. The molecule has 0 atom stereocenters. The van der Waals surface area contributed by atoms with Crippen molar-refractivity contribution in [3.8, 4) is 5.75 Å². The van der Waals surface area contributed by atoms with Crippen LogP contribution in [0.25, 0.3) is 0 Å². The number of rotatable bonds is 3. The lowest BCUT2D eigenvalue weighted by Gasteiger charge is -2.05. The third-order valence-electron chi connectivity index (χ3n) is 1.70. The maximum atomic E-state index is 12.4. The fourth-order valence-corrected chi connectivity index (χ4v) is 1.09. The van der Waals surface area contributed by atoms with E-state index in [2.05, 4.69) is 4.98 Å². The summed E-state index contributed by atoms with van der Waals surface area (Å²) in [5, 5.41) is 19.6. The number of primary amides is 1. The number of nitro groups is 1. The summed E-state index contributed by atoms with van der Waals surface area (Å²) in [6.45, 7) is 0. The highest BCUT2D eigenvalue weighted by atomic mass is 19.3. The van der Waals surface area contributed by atoms with Gasteiger partial charge in [-0.15, -0.1) is 0 Å². The van der Waals surface area contributed by atoms with E-state index in [1.165, 1.54) is 0 Å². The first kappa shape index (κ1) is 11.8. The summed E-state index contributed by atoms with van der Waals surface area (Å²) in [4.78, 5) is 23.1. The van der Waals surface area contributed by atoms with Gasteiger partial charge in [0, 0.05) is 0 Å². The number of hydrogen-bond acceptors (Lipinski definition) is 5. The van der Waals surface area contributed by atoms with Crippen LogP contribution >= 0.6 is 0 Å². The number of carbonyl (C=O) groups is 1. The summed E-state index contributed by atoms with van der Waals surface area (Å²) in [6.07, 6.45) is -2.74. The van der Waals surface area contributed by atoms with Crippen LogP contribution in [-0.4, -0.2) is 20.9 Å². The van der Waals surface area contributed by atoms with Crippen LogP contribution in [0.5, 0.6) is 5.75 Å². The number of alkyl halides is 2. The van der Waals surface area contributed by atoms with Gasteiger partial charge in [-0.25, -0.2) is 13.8 Å². The zero-order valence-electron chi connectivity index (χ0n) is 7.55. The topological polar surface area (TPSA) is 119 Å². The van der Waals surface area contributed by atoms with Gasteiger partial charge in [-0.1, -0.05) is 0 Å². The minimum Gasteiger partial charge on any atom is -0.505 e. The molecule has 86 valence electrons. The molecule has 1 rings (SSSR count). The standard InChI is InChI=1S/C7H5F2N3O4/c8-6(9)4-5(12(15)16)3(7(10)14)2(13)1-11-4/h1,6,13H,(H2,10,14). The number of carbonyl (C=O) groups excluding carboxylic acids is 1. The molecule has 0 aliphatic carbocycles. The number of hydrogen-bond donors (Lipinski definition) is 2. The summed E-state index contributed by atoms with van der Waals surface area (Å²) >= 11 is 0. The molecule has 1 heterocycles. The molecule has 0 aliphatic rings. The molecule has 9 heteroatoms. The molecule has 0 unspecified atom stereocenters. The maximum absolute atomic E-state index is 12.4. The Morgan fingerprint density at radius 2 is 2.19 bits per heavy atom. The second kappa shape index (κ2) is 4.04. The van der Waals surface area contributed by atoms with Gasteiger partial charge in [0.15, 0.2) is 17.0 Å². The van der Waals surface area contributed by atoms with Crippen molar-refractivity contribution < 1.29 is 23.6 Å². The fourth-order valence-electron chi connectivity index (χ4n) is 1.09. The van der Waals surface area contributed by atoms with E-state index < -0.39 is 40.0 Å². The molecule has 7 nitrogen and oxygen atoms in total. The largest absolute Gasteiger partial charge is 0.505 e. The number of aromatic nitrogens is 1. The predicted octanol–water partition coefficient (Wildman–Crippen LogP) is 0.732. The van der Waals surface area contributed by atoms with Crippen LogP contribution in [-0.2, 0) is 0 Å². The first-order valence-corrected chi connectivity index (χ1v) is 3.80. The minimum atomic E-state index is -3.25. The molecule has 0 radical (unpaired) electrons. The smallest absolute Gasteiger partial charge is 0.313 e. The molecule has 0 bridgehead atoms. The van der Waals surface area contributed by atoms with E-state index in [9.17, 15) is 23.7 Å². The maximum Gasteiger partial charge on any atom is 0.313 e. The second-order valence-corrected chi connectivity index (χ2v) is 2.67. The minimum absolute atomic E-state index is 0.509. The van der Waals surface area contributed by atoms with E-state index in [0.717, 1.165) is 0 Å². The Balaban J connectivity index is 3.63. The molecule has 1 aromatic rings. The lowest BCUT2D eigenvalue weighted by Crippen LogP contribution is -2.16. The number of pyridine rings is 1. The number of nitrogens with zero attached hydrogens (tertiary/aromatic N) is 2. The third-order valence-corrected chi connectivity index (χ3v) is 1.70.